The van der Waals surface area contributed by atoms with Gasteiger partial charge >= 0.3 is 13.1 Å². The van der Waals surface area contributed by atoms with Crippen LogP contribution in [0.2, 0.25) is 6.32 Å². The van der Waals surface area contributed by atoms with Gasteiger partial charge in [0.05, 0.1) is 0 Å². The van der Waals surface area contributed by atoms with Gasteiger partial charge in [0, 0.05) is 12.5 Å². The molecule has 0 unspecified atom stereocenters. The molecule has 126 valence electrons. The Balaban J connectivity index is 1.96. The molecule has 0 aromatic carbocycles. The quantitative estimate of drug-likeness (QED) is 0.533. The first-order chi connectivity index (χ1) is 10.4. The summed E-state index contributed by atoms with van der Waals surface area (Å²) in [4.78, 5) is 14.1. The molecule has 5 N–H and O–H groups in total. The maximum absolute atomic E-state index is 11.8. The Kier molecular flexibility index (Phi) is 6.26. The highest BCUT2D eigenvalue weighted by atomic mass is 16.4. The van der Waals surface area contributed by atoms with E-state index in [9.17, 15) is 9.90 Å². The minimum absolute atomic E-state index is 0.0154. The molecule has 2 rings (SSSR count). The number of carbonyl (C=O) groups is 1. The van der Waals surface area contributed by atoms with Crippen LogP contribution in [0.1, 0.15) is 44.9 Å². The number of hydrogen-bond donors (Lipinski definition) is 4. The van der Waals surface area contributed by atoms with E-state index in [-0.39, 0.29) is 18.2 Å². The van der Waals surface area contributed by atoms with Gasteiger partial charge < -0.3 is 25.8 Å². The van der Waals surface area contributed by atoms with Crippen molar-refractivity contribution in [2.45, 2.75) is 56.8 Å². The van der Waals surface area contributed by atoms with Gasteiger partial charge in [0.1, 0.15) is 5.54 Å². The Morgan fingerprint density at radius 3 is 2.50 bits per heavy atom. The maximum atomic E-state index is 11.8. The predicted octanol–water partition coefficient (Wildman–Crippen LogP) is 0.534. The van der Waals surface area contributed by atoms with Crippen LogP contribution in [-0.2, 0) is 4.79 Å². The van der Waals surface area contributed by atoms with E-state index in [2.05, 4.69) is 4.90 Å². The third-order valence-corrected chi connectivity index (χ3v) is 5.44. The van der Waals surface area contributed by atoms with Crippen molar-refractivity contribution in [2.75, 3.05) is 19.6 Å². The standard InChI is InChI=1S/C15H29BN2O4/c17-15(14(19)20)10-12(6-7-16(21)22)4-5-13(15)11-18-8-2-1-3-9-18/h12-13,21-22H,1-11,17H2,(H,19,20)/t12-,13+,15+/m0/s1. The molecule has 1 aliphatic heterocycles. The number of rotatable bonds is 6. The Hall–Kier alpha value is -0.625. The lowest BCUT2D eigenvalue weighted by Gasteiger charge is -2.44. The van der Waals surface area contributed by atoms with Crippen molar-refractivity contribution in [3.8, 4) is 0 Å². The molecule has 0 amide bonds. The molecule has 0 spiro atoms. The molecule has 0 bridgehead atoms. The molecule has 7 heteroatoms. The zero-order valence-corrected chi connectivity index (χ0v) is 13.3. The second kappa shape index (κ2) is 7.77. The van der Waals surface area contributed by atoms with Crippen molar-refractivity contribution in [3.63, 3.8) is 0 Å². The summed E-state index contributed by atoms with van der Waals surface area (Å²) in [6.45, 7) is 2.87. The van der Waals surface area contributed by atoms with E-state index in [1.54, 1.807) is 0 Å². The number of nitrogens with two attached hydrogens (primary N) is 1. The lowest BCUT2D eigenvalue weighted by Crippen LogP contribution is -2.60. The molecule has 1 heterocycles. The van der Waals surface area contributed by atoms with Gasteiger partial charge in [-0.15, -0.1) is 0 Å². The van der Waals surface area contributed by atoms with Gasteiger partial charge in [0.25, 0.3) is 0 Å². The van der Waals surface area contributed by atoms with Gasteiger partial charge in [-0.05, 0) is 57.4 Å². The summed E-state index contributed by atoms with van der Waals surface area (Å²) in [5.41, 5.74) is 5.13. The first kappa shape index (κ1) is 17.7. The molecule has 3 atom stereocenters. The molecule has 0 aromatic rings. The molecule has 0 aromatic heterocycles. The summed E-state index contributed by atoms with van der Waals surface area (Å²) in [5, 5.41) is 27.6. The van der Waals surface area contributed by atoms with Gasteiger partial charge in [-0.1, -0.05) is 12.8 Å². The molecule has 0 radical (unpaired) electrons. The highest BCUT2D eigenvalue weighted by molar-refractivity contribution is 6.40. The average Bonchev–Trinajstić information content (AvgIpc) is 2.48. The van der Waals surface area contributed by atoms with Crippen LogP contribution in [-0.4, -0.2) is 58.3 Å². The second-order valence-electron chi connectivity index (χ2n) is 7.11. The summed E-state index contributed by atoms with van der Waals surface area (Å²) in [6, 6.07) is 0. The highest BCUT2D eigenvalue weighted by Crippen LogP contribution is 2.38. The number of aliphatic carboxylic acids is 1. The van der Waals surface area contributed by atoms with Crippen LogP contribution in [0.4, 0.5) is 0 Å². The molecule has 6 nitrogen and oxygen atoms in total. The summed E-state index contributed by atoms with van der Waals surface area (Å²) in [6.07, 6.45) is 6.73. The average molecular weight is 312 g/mol. The first-order valence-corrected chi connectivity index (χ1v) is 8.52. The van der Waals surface area contributed by atoms with E-state index in [4.69, 9.17) is 15.8 Å². The molecule has 1 aliphatic carbocycles. The van der Waals surface area contributed by atoms with Gasteiger partial charge in [-0.2, -0.15) is 0 Å². The number of likely N-dealkylation sites (tertiary alicyclic amines) is 1. The number of carboxylic acids is 1. The molecule has 2 fully saturated rings. The van der Waals surface area contributed by atoms with E-state index in [1.165, 1.54) is 19.3 Å². The second-order valence-corrected chi connectivity index (χ2v) is 7.11. The predicted molar refractivity (Wildman–Crippen MR) is 85.3 cm³/mol. The number of piperidine rings is 1. The van der Waals surface area contributed by atoms with Crippen molar-refractivity contribution in [1.29, 1.82) is 0 Å². The van der Waals surface area contributed by atoms with Crippen LogP contribution in [0.5, 0.6) is 0 Å². The number of carboxylic acid groups (broad SMARTS) is 1. The first-order valence-electron chi connectivity index (χ1n) is 8.52. The monoisotopic (exact) mass is 312 g/mol. The topological polar surface area (TPSA) is 107 Å². The van der Waals surface area contributed by atoms with Crippen LogP contribution in [0.15, 0.2) is 0 Å². The van der Waals surface area contributed by atoms with Crippen LogP contribution < -0.4 is 5.73 Å². The minimum atomic E-state index is -1.32. The Morgan fingerprint density at radius 1 is 1.23 bits per heavy atom. The third-order valence-electron chi connectivity index (χ3n) is 5.44. The lowest BCUT2D eigenvalue weighted by molar-refractivity contribution is -0.148. The van der Waals surface area contributed by atoms with E-state index >= 15 is 0 Å². The zero-order valence-electron chi connectivity index (χ0n) is 13.3. The van der Waals surface area contributed by atoms with E-state index in [0.717, 1.165) is 32.5 Å². The minimum Gasteiger partial charge on any atom is -0.480 e. The van der Waals surface area contributed by atoms with Crippen molar-refractivity contribution in [3.05, 3.63) is 0 Å². The molecular weight excluding hydrogens is 283 g/mol. The van der Waals surface area contributed by atoms with Crippen molar-refractivity contribution in [1.82, 2.24) is 4.90 Å². The van der Waals surface area contributed by atoms with Gasteiger partial charge in [0.15, 0.2) is 0 Å². The highest BCUT2D eigenvalue weighted by Gasteiger charge is 2.47. The Bertz CT molecular complexity index is 377. The van der Waals surface area contributed by atoms with Crippen molar-refractivity contribution in [2.24, 2.45) is 17.6 Å². The fourth-order valence-electron chi connectivity index (χ4n) is 4.04. The molecule has 1 saturated carbocycles. The molecule has 2 aliphatic rings. The smallest absolute Gasteiger partial charge is 0.451 e. The number of nitrogens with zero attached hydrogens (tertiary/aromatic N) is 1. The summed E-state index contributed by atoms with van der Waals surface area (Å²) in [5.74, 6) is -0.761. The largest absolute Gasteiger partial charge is 0.480 e. The third kappa shape index (κ3) is 4.44. The van der Waals surface area contributed by atoms with Gasteiger partial charge in [0.2, 0.25) is 0 Å². The van der Waals surface area contributed by atoms with E-state index in [1.807, 2.05) is 0 Å². The molecule has 1 saturated heterocycles. The van der Waals surface area contributed by atoms with Crippen LogP contribution in [0.25, 0.3) is 0 Å². The summed E-state index contributed by atoms with van der Waals surface area (Å²) < 4.78 is 0. The van der Waals surface area contributed by atoms with Crippen LogP contribution in [0.3, 0.4) is 0 Å². The van der Waals surface area contributed by atoms with Crippen molar-refractivity contribution < 1.29 is 19.9 Å². The molecular formula is C15H29BN2O4. The maximum Gasteiger partial charge on any atom is 0.451 e. The number of hydrogen-bond acceptors (Lipinski definition) is 5. The van der Waals surface area contributed by atoms with Crippen LogP contribution >= 0.6 is 0 Å². The van der Waals surface area contributed by atoms with E-state index in [0.29, 0.717) is 12.8 Å². The van der Waals surface area contributed by atoms with Gasteiger partial charge in [-0.3, -0.25) is 4.79 Å². The Morgan fingerprint density at radius 2 is 1.91 bits per heavy atom. The Labute approximate surface area is 132 Å². The van der Waals surface area contributed by atoms with Gasteiger partial charge in [-0.25, -0.2) is 0 Å². The summed E-state index contributed by atoms with van der Waals surface area (Å²) >= 11 is 0. The molecule has 22 heavy (non-hydrogen) atoms. The zero-order chi connectivity index (χ0) is 16.2. The van der Waals surface area contributed by atoms with E-state index < -0.39 is 18.6 Å². The summed E-state index contributed by atoms with van der Waals surface area (Å²) in [7, 11) is -1.32. The van der Waals surface area contributed by atoms with Crippen LogP contribution in [0, 0.1) is 11.8 Å². The normalized spacial score (nSPS) is 33.6. The lowest BCUT2D eigenvalue weighted by atomic mass is 9.66. The fraction of sp³-hybridized carbons (Fsp3) is 0.933. The fourth-order valence-corrected chi connectivity index (χ4v) is 4.04. The SMILES string of the molecule is N[C@]1(C(=O)O)C[C@H](CCB(O)O)CC[C@@H]1CN1CCCCC1. The van der Waals surface area contributed by atoms with Crippen molar-refractivity contribution >= 4 is 13.1 Å².